The molecule has 1 unspecified atom stereocenters. The van der Waals surface area contributed by atoms with E-state index in [4.69, 9.17) is 9.84 Å². The molecule has 0 aromatic carbocycles. The van der Waals surface area contributed by atoms with Crippen LogP contribution in [0.2, 0.25) is 0 Å². The van der Waals surface area contributed by atoms with Gasteiger partial charge in [0.2, 0.25) is 5.91 Å². The van der Waals surface area contributed by atoms with Gasteiger partial charge in [-0.2, -0.15) is 0 Å². The minimum Gasteiger partial charge on any atom is -0.481 e. The van der Waals surface area contributed by atoms with Crippen LogP contribution in [-0.2, 0) is 14.3 Å². The van der Waals surface area contributed by atoms with Crippen LogP contribution < -0.4 is 5.32 Å². The lowest BCUT2D eigenvalue weighted by atomic mass is 10.0. The summed E-state index contributed by atoms with van der Waals surface area (Å²) in [6.07, 6.45) is 2.96. The second kappa shape index (κ2) is 6.15. The molecule has 102 valence electrons. The summed E-state index contributed by atoms with van der Waals surface area (Å²) in [6.45, 7) is 2.18. The van der Waals surface area contributed by atoms with Crippen molar-refractivity contribution in [1.29, 1.82) is 0 Å². The first-order chi connectivity index (χ1) is 8.68. The van der Waals surface area contributed by atoms with Gasteiger partial charge in [0.15, 0.2) is 0 Å². The van der Waals surface area contributed by atoms with Crippen LogP contribution in [0.3, 0.4) is 0 Å². The number of ether oxygens (including phenoxy) is 1. The van der Waals surface area contributed by atoms with Crippen LogP contribution in [0.5, 0.6) is 0 Å². The smallest absolute Gasteiger partial charge is 0.305 e. The van der Waals surface area contributed by atoms with Crippen LogP contribution >= 0.6 is 0 Å². The van der Waals surface area contributed by atoms with Gasteiger partial charge in [-0.1, -0.05) is 6.42 Å². The van der Waals surface area contributed by atoms with E-state index in [2.05, 4.69) is 5.32 Å². The molecule has 18 heavy (non-hydrogen) atoms. The van der Waals surface area contributed by atoms with E-state index in [9.17, 15) is 9.59 Å². The maximum absolute atomic E-state index is 12.4. The van der Waals surface area contributed by atoms with E-state index < -0.39 is 5.97 Å². The molecule has 0 radical (unpaired) electrons. The Balaban J connectivity index is 1.98. The minimum absolute atomic E-state index is 0.0317. The van der Waals surface area contributed by atoms with Gasteiger partial charge in [-0.05, 0) is 19.4 Å². The number of carbonyl (C=O) groups is 2. The molecule has 2 fully saturated rings. The fourth-order valence-electron chi connectivity index (χ4n) is 2.58. The zero-order chi connectivity index (χ0) is 13.0. The molecule has 0 aromatic rings. The van der Waals surface area contributed by atoms with E-state index in [-0.39, 0.29) is 24.4 Å². The number of morpholine rings is 1. The largest absolute Gasteiger partial charge is 0.481 e. The Hall–Kier alpha value is -1.14. The number of piperidine rings is 1. The molecule has 2 aliphatic heterocycles. The van der Waals surface area contributed by atoms with Crippen LogP contribution in [0.25, 0.3) is 0 Å². The Morgan fingerprint density at radius 3 is 2.89 bits per heavy atom. The summed E-state index contributed by atoms with van der Waals surface area (Å²) in [5.74, 6) is -0.857. The molecule has 6 heteroatoms. The summed E-state index contributed by atoms with van der Waals surface area (Å²) in [6, 6.07) is -0.472. The third-order valence-electron chi connectivity index (χ3n) is 3.53. The molecule has 2 saturated heterocycles. The average Bonchev–Trinajstić information content (AvgIpc) is 2.39. The molecule has 2 N–H and O–H groups in total. The Labute approximate surface area is 106 Å². The zero-order valence-electron chi connectivity index (χ0n) is 10.4. The molecule has 2 aliphatic rings. The van der Waals surface area contributed by atoms with Gasteiger partial charge in [-0.3, -0.25) is 9.59 Å². The van der Waals surface area contributed by atoms with E-state index in [0.29, 0.717) is 19.8 Å². The highest BCUT2D eigenvalue weighted by Crippen LogP contribution is 2.16. The fraction of sp³-hybridized carbons (Fsp3) is 0.833. The van der Waals surface area contributed by atoms with E-state index >= 15 is 0 Å². The first kappa shape index (κ1) is 13.3. The molecule has 0 aliphatic carbocycles. The van der Waals surface area contributed by atoms with Gasteiger partial charge >= 0.3 is 5.97 Å². The van der Waals surface area contributed by atoms with Crippen LogP contribution in [-0.4, -0.2) is 60.3 Å². The summed E-state index contributed by atoms with van der Waals surface area (Å²) in [7, 11) is 0. The number of carbonyl (C=O) groups excluding carboxylic acids is 1. The third kappa shape index (κ3) is 3.20. The Kier molecular flexibility index (Phi) is 4.54. The molecular formula is C12H20N2O4. The maximum atomic E-state index is 12.4. The summed E-state index contributed by atoms with van der Waals surface area (Å²) >= 11 is 0. The van der Waals surface area contributed by atoms with E-state index in [1.165, 1.54) is 0 Å². The van der Waals surface area contributed by atoms with Gasteiger partial charge in [0.05, 0.1) is 31.7 Å². The lowest BCUT2D eigenvalue weighted by molar-refractivity contribution is -0.148. The number of nitrogens with one attached hydrogen (secondary N) is 1. The van der Waals surface area contributed by atoms with Gasteiger partial charge in [0, 0.05) is 6.54 Å². The van der Waals surface area contributed by atoms with Crippen molar-refractivity contribution in [3.63, 3.8) is 0 Å². The topological polar surface area (TPSA) is 78.9 Å². The molecule has 1 amide bonds. The van der Waals surface area contributed by atoms with Crippen LogP contribution in [0.15, 0.2) is 0 Å². The molecule has 6 nitrogen and oxygen atoms in total. The second-order valence-electron chi connectivity index (χ2n) is 4.86. The quantitative estimate of drug-likeness (QED) is 0.733. The van der Waals surface area contributed by atoms with Gasteiger partial charge in [0.25, 0.3) is 0 Å². The fourth-order valence-corrected chi connectivity index (χ4v) is 2.58. The van der Waals surface area contributed by atoms with E-state index in [1.807, 2.05) is 0 Å². The van der Waals surface area contributed by atoms with Gasteiger partial charge in [0.1, 0.15) is 0 Å². The van der Waals surface area contributed by atoms with Crippen LogP contribution in [0, 0.1) is 0 Å². The zero-order valence-corrected chi connectivity index (χ0v) is 10.4. The number of nitrogens with zero attached hydrogens (tertiary/aromatic N) is 1. The van der Waals surface area contributed by atoms with E-state index in [0.717, 1.165) is 25.8 Å². The summed E-state index contributed by atoms with van der Waals surface area (Å²) < 4.78 is 5.27. The number of amides is 1. The molecule has 2 atom stereocenters. The molecule has 0 aromatic heterocycles. The summed E-state index contributed by atoms with van der Waals surface area (Å²) in [5.41, 5.74) is 0. The first-order valence-corrected chi connectivity index (χ1v) is 6.52. The van der Waals surface area contributed by atoms with Crippen molar-refractivity contribution in [2.24, 2.45) is 0 Å². The van der Waals surface area contributed by atoms with Crippen LogP contribution in [0.4, 0.5) is 0 Å². The lowest BCUT2D eigenvalue weighted by Gasteiger charge is -2.38. The number of carboxylic acids is 1. The first-order valence-electron chi connectivity index (χ1n) is 6.52. The monoisotopic (exact) mass is 256 g/mol. The highest BCUT2D eigenvalue weighted by atomic mass is 16.5. The van der Waals surface area contributed by atoms with Crippen molar-refractivity contribution >= 4 is 11.9 Å². The predicted molar refractivity (Wildman–Crippen MR) is 64.2 cm³/mol. The Morgan fingerprint density at radius 1 is 1.39 bits per heavy atom. The van der Waals surface area contributed by atoms with Crippen molar-refractivity contribution in [1.82, 2.24) is 10.2 Å². The SMILES string of the molecule is O=C(O)CC1COCCN1C(=O)[C@@H]1CCCCN1. The number of hydrogen-bond donors (Lipinski definition) is 2. The van der Waals surface area contributed by atoms with Crippen LogP contribution in [0.1, 0.15) is 25.7 Å². The van der Waals surface area contributed by atoms with Gasteiger partial charge in [-0.15, -0.1) is 0 Å². The number of carboxylic acid groups (broad SMARTS) is 1. The van der Waals surface area contributed by atoms with Crippen molar-refractivity contribution in [3.8, 4) is 0 Å². The van der Waals surface area contributed by atoms with Crippen molar-refractivity contribution < 1.29 is 19.4 Å². The normalized spacial score (nSPS) is 29.0. The van der Waals surface area contributed by atoms with Gasteiger partial charge in [-0.25, -0.2) is 0 Å². The molecule has 2 rings (SSSR count). The number of rotatable bonds is 3. The molecule has 0 bridgehead atoms. The van der Waals surface area contributed by atoms with Crippen molar-refractivity contribution in [2.45, 2.75) is 37.8 Å². The third-order valence-corrected chi connectivity index (χ3v) is 3.53. The minimum atomic E-state index is -0.889. The molecule has 0 saturated carbocycles. The Bertz CT molecular complexity index is 315. The number of hydrogen-bond acceptors (Lipinski definition) is 4. The highest BCUT2D eigenvalue weighted by Gasteiger charge is 2.33. The van der Waals surface area contributed by atoms with Crippen molar-refractivity contribution in [2.75, 3.05) is 26.3 Å². The van der Waals surface area contributed by atoms with Crippen molar-refractivity contribution in [3.05, 3.63) is 0 Å². The molecule has 2 heterocycles. The molecular weight excluding hydrogens is 236 g/mol. The van der Waals surface area contributed by atoms with Gasteiger partial charge < -0.3 is 20.1 Å². The number of aliphatic carboxylic acids is 1. The van der Waals surface area contributed by atoms with E-state index in [1.54, 1.807) is 4.90 Å². The average molecular weight is 256 g/mol. The maximum Gasteiger partial charge on any atom is 0.305 e. The second-order valence-corrected chi connectivity index (χ2v) is 4.86. The molecule has 0 spiro atoms. The summed E-state index contributed by atoms with van der Waals surface area (Å²) in [4.78, 5) is 24.8. The highest BCUT2D eigenvalue weighted by molar-refractivity contribution is 5.83. The Morgan fingerprint density at radius 2 is 2.22 bits per heavy atom. The standard InChI is InChI=1S/C12H20N2O4/c15-11(16)7-9-8-18-6-5-14(9)12(17)10-3-1-2-4-13-10/h9-10,13H,1-8H2,(H,15,16)/t9?,10-/m0/s1. The predicted octanol–water partition coefficient (Wildman–Crippen LogP) is -0.169. The lowest BCUT2D eigenvalue weighted by Crippen LogP contribution is -2.56. The summed E-state index contributed by atoms with van der Waals surface area (Å²) in [5, 5.41) is 12.1.